The van der Waals surface area contributed by atoms with Gasteiger partial charge < -0.3 is 5.32 Å². The Morgan fingerprint density at radius 3 is 2.29 bits per heavy atom. The van der Waals surface area contributed by atoms with Crippen molar-refractivity contribution in [3.8, 4) is 0 Å². The third kappa shape index (κ3) is 4.61. The Morgan fingerprint density at radius 1 is 1.08 bits per heavy atom. The molecule has 0 aliphatic carbocycles. The average molecular weight is 390 g/mol. The summed E-state index contributed by atoms with van der Waals surface area (Å²) in [6, 6.07) is 9.13. The maximum atomic E-state index is 13.2. The van der Waals surface area contributed by atoms with Gasteiger partial charge in [-0.05, 0) is 43.7 Å². The largest absolute Gasteiger partial charge is 0.322 e. The van der Waals surface area contributed by atoms with Gasteiger partial charge in [-0.1, -0.05) is 46.9 Å². The normalized spacial score (nSPS) is 11.4. The van der Waals surface area contributed by atoms with E-state index >= 15 is 0 Å². The molecule has 0 radical (unpaired) electrons. The minimum Gasteiger partial charge on any atom is -0.322 e. The molecule has 2 aromatic carbocycles. The van der Waals surface area contributed by atoms with Gasteiger partial charge in [-0.15, -0.1) is 0 Å². The molecule has 0 aromatic heterocycles. The number of halogens is 4. The van der Waals surface area contributed by atoms with E-state index in [-0.39, 0.29) is 12.5 Å². The average Bonchev–Trinajstić information content (AvgIpc) is 2.49. The second kappa shape index (κ2) is 7.70. The number of nitrogens with one attached hydrogen (secondary N) is 2. The van der Waals surface area contributed by atoms with Crippen LogP contribution in [0, 0.1) is 5.82 Å². The second-order valence-corrected chi connectivity index (χ2v) is 6.97. The highest BCUT2D eigenvalue weighted by Crippen LogP contribution is 2.30. The first-order valence-corrected chi connectivity index (χ1v) is 8.28. The number of para-hydroxylation sites is 1. The first-order chi connectivity index (χ1) is 11.2. The van der Waals surface area contributed by atoms with Gasteiger partial charge in [0.15, 0.2) is 0 Å². The van der Waals surface area contributed by atoms with Gasteiger partial charge in [0.25, 0.3) is 0 Å². The maximum absolute atomic E-state index is 13.2. The molecule has 2 rings (SSSR count). The minimum atomic E-state index is -0.633. The molecule has 0 fully saturated rings. The lowest BCUT2D eigenvalue weighted by Gasteiger charge is -2.28. The number of hydrogen-bond donors (Lipinski definition) is 2. The Hall–Kier alpha value is -1.33. The third-order valence-corrected chi connectivity index (χ3v) is 4.47. The van der Waals surface area contributed by atoms with Gasteiger partial charge in [0.2, 0.25) is 5.91 Å². The van der Waals surface area contributed by atoms with Crippen LogP contribution in [0.15, 0.2) is 36.4 Å². The van der Waals surface area contributed by atoms with Gasteiger partial charge in [-0.3, -0.25) is 10.1 Å². The Kier molecular flexibility index (Phi) is 6.10. The molecule has 24 heavy (non-hydrogen) atoms. The molecule has 0 saturated carbocycles. The van der Waals surface area contributed by atoms with Gasteiger partial charge in [0.1, 0.15) is 5.82 Å². The summed E-state index contributed by atoms with van der Waals surface area (Å²) in [6.45, 7) is 3.70. The van der Waals surface area contributed by atoms with Crippen LogP contribution in [-0.2, 0) is 10.3 Å². The highest BCUT2D eigenvalue weighted by Gasteiger charge is 2.24. The lowest BCUT2D eigenvalue weighted by molar-refractivity contribution is -0.115. The summed E-state index contributed by atoms with van der Waals surface area (Å²) in [5, 5.41) is 6.77. The van der Waals surface area contributed by atoms with Crippen LogP contribution in [0.25, 0.3) is 0 Å². The summed E-state index contributed by atoms with van der Waals surface area (Å²) in [7, 11) is 0. The van der Waals surface area contributed by atoms with E-state index < -0.39 is 11.4 Å². The Labute approximate surface area is 155 Å². The number of carbonyl (C=O) groups excluding carboxylic acids is 1. The van der Waals surface area contributed by atoms with E-state index in [2.05, 4.69) is 10.6 Å². The predicted octanol–water partition coefficient (Wildman–Crippen LogP) is 5.25. The number of hydrogen-bond acceptors (Lipinski definition) is 2. The fraction of sp³-hybridized carbons (Fsp3) is 0.235. The van der Waals surface area contributed by atoms with Crippen molar-refractivity contribution in [1.29, 1.82) is 0 Å². The van der Waals surface area contributed by atoms with Crippen molar-refractivity contribution in [2.45, 2.75) is 19.4 Å². The van der Waals surface area contributed by atoms with Crippen LogP contribution in [0.3, 0.4) is 0 Å². The van der Waals surface area contributed by atoms with Gasteiger partial charge in [0.05, 0.1) is 22.3 Å². The molecular formula is C17H16Cl3FN2O. The number of benzene rings is 2. The lowest BCUT2D eigenvalue weighted by Crippen LogP contribution is -2.41. The zero-order chi connectivity index (χ0) is 17.9. The van der Waals surface area contributed by atoms with Crippen molar-refractivity contribution in [3.63, 3.8) is 0 Å². The van der Waals surface area contributed by atoms with Crippen LogP contribution < -0.4 is 10.6 Å². The molecule has 0 bridgehead atoms. The van der Waals surface area contributed by atoms with Gasteiger partial charge in [0, 0.05) is 10.6 Å². The zero-order valence-corrected chi connectivity index (χ0v) is 15.4. The summed E-state index contributed by atoms with van der Waals surface area (Å²) < 4.78 is 13.2. The van der Waals surface area contributed by atoms with E-state index in [4.69, 9.17) is 34.8 Å². The molecule has 2 aromatic rings. The van der Waals surface area contributed by atoms with Crippen molar-refractivity contribution < 1.29 is 9.18 Å². The van der Waals surface area contributed by atoms with E-state index in [1.807, 2.05) is 13.8 Å². The molecule has 0 aliphatic rings. The Bertz CT molecular complexity index is 745. The number of rotatable bonds is 5. The molecule has 0 saturated heterocycles. The van der Waals surface area contributed by atoms with E-state index in [1.165, 1.54) is 12.1 Å². The highest BCUT2D eigenvalue weighted by molar-refractivity contribution is 6.39. The Morgan fingerprint density at radius 2 is 1.71 bits per heavy atom. The fourth-order valence-electron chi connectivity index (χ4n) is 2.19. The third-order valence-electron chi connectivity index (χ3n) is 3.52. The maximum Gasteiger partial charge on any atom is 0.238 e. The van der Waals surface area contributed by atoms with E-state index in [1.54, 1.807) is 24.3 Å². The predicted molar refractivity (Wildman–Crippen MR) is 97.5 cm³/mol. The first-order valence-electron chi connectivity index (χ1n) is 7.15. The van der Waals surface area contributed by atoms with Crippen LogP contribution in [0.2, 0.25) is 15.1 Å². The zero-order valence-electron chi connectivity index (χ0n) is 13.1. The molecule has 7 heteroatoms. The van der Waals surface area contributed by atoms with Crippen LogP contribution in [0.5, 0.6) is 0 Å². The van der Waals surface area contributed by atoms with Crippen LogP contribution in [-0.4, -0.2) is 12.5 Å². The number of carbonyl (C=O) groups is 1. The summed E-state index contributed by atoms with van der Waals surface area (Å²) in [5.41, 5.74) is 0.422. The van der Waals surface area contributed by atoms with E-state index in [9.17, 15) is 9.18 Å². The quantitative estimate of drug-likeness (QED) is 0.733. The lowest BCUT2D eigenvalue weighted by atomic mass is 9.94. The molecular weight excluding hydrogens is 374 g/mol. The second-order valence-electron chi connectivity index (χ2n) is 5.75. The summed E-state index contributed by atoms with van der Waals surface area (Å²) in [6.07, 6.45) is 0. The smallest absolute Gasteiger partial charge is 0.238 e. The van der Waals surface area contributed by atoms with Crippen LogP contribution in [0.4, 0.5) is 10.1 Å². The standard InChI is InChI=1S/C17H16Cl3FN2O/c1-17(2,11-7-6-10(21)8-14(11)20)22-9-15(24)23-16-12(18)4-3-5-13(16)19/h3-8,22H,9H2,1-2H3,(H,23,24). The summed E-state index contributed by atoms with van der Waals surface area (Å²) in [5.74, 6) is -0.720. The molecule has 1 amide bonds. The van der Waals surface area contributed by atoms with Crippen molar-refractivity contribution >= 4 is 46.4 Å². The Balaban J connectivity index is 2.05. The molecule has 0 heterocycles. The topological polar surface area (TPSA) is 41.1 Å². The highest BCUT2D eigenvalue weighted by atomic mass is 35.5. The van der Waals surface area contributed by atoms with Crippen molar-refractivity contribution in [2.75, 3.05) is 11.9 Å². The van der Waals surface area contributed by atoms with Crippen LogP contribution in [0.1, 0.15) is 19.4 Å². The van der Waals surface area contributed by atoms with Crippen molar-refractivity contribution in [2.24, 2.45) is 0 Å². The summed E-state index contributed by atoms with van der Waals surface area (Å²) >= 11 is 18.1. The molecule has 0 atom stereocenters. The molecule has 0 aliphatic heterocycles. The first kappa shape index (κ1) is 19.0. The fourth-order valence-corrected chi connectivity index (χ4v) is 3.09. The minimum absolute atomic E-state index is 0.00224. The molecule has 3 nitrogen and oxygen atoms in total. The molecule has 0 spiro atoms. The molecule has 2 N–H and O–H groups in total. The number of anilines is 1. The van der Waals surface area contributed by atoms with Gasteiger partial charge in [-0.25, -0.2) is 4.39 Å². The van der Waals surface area contributed by atoms with Crippen molar-refractivity contribution in [3.05, 3.63) is 62.8 Å². The van der Waals surface area contributed by atoms with Gasteiger partial charge >= 0.3 is 0 Å². The SMILES string of the molecule is CC(C)(NCC(=O)Nc1c(Cl)cccc1Cl)c1ccc(F)cc1Cl. The van der Waals surface area contributed by atoms with E-state index in [0.29, 0.717) is 26.3 Å². The van der Waals surface area contributed by atoms with Crippen molar-refractivity contribution in [1.82, 2.24) is 5.32 Å². The monoisotopic (exact) mass is 388 g/mol. The number of amides is 1. The molecule has 0 unspecified atom stereocenters. The summed E-state index contributed by atoms with van der Waals surface area (Å²) in [4.78, 5) is 12.2. The van der Waals surface area contributed by atoms with Crippen LogP contribution >= 0.6 is 34.8 Å². The van der Waals surface area contributed by atoms with E-state index in [0.717, 1.165) is 0 Å². The van der Waals surface area contributed by atoms with Gasteiger partial charge in [-0.2, -0.15) is 0 Å². The molecule has 128 valence electrons.